The van der Waals surface area contributed by atoms with Gasteiger partial charge in [0.1, 0.15) is 6.23 Å². The molecule has 4 bridgehead atoms. The highest BCUT2D eigenvalue weighted by molar-refractivity contribution is 5.20. The third kappa shape index (κ3) is 2.31. The molecular formula is C13H20N2O3. The zero-order valence-electron chi connectivity index (χ0n) is 11.1. The maximum atomic E-state index is 5.82. The first-order valence-electron chi connectivity index (χ1n) is 6.34. The molecule has 0 aliphatic carbocycles. The van der Waals surface area contributed by atoms with E-state index in [0.717, 1.165) is 11.3 Å². The number of aromatic nitrogens is 1. The minimum atomic E-state index is -0.569. The van der Waals surface area contributed by atoms with Crippen LogP contribution in [0.5, 0.6) is 0 Å². The number of nitrogens with zero attached hydrogens (tertiary/aromatic N) is 1. The Balaban J connectivity index is 1.90. The van der Waals surface area contributed by atoms with Crippen molar-refractivity contribution in [3.8, 4) is 0 Å². The van der Waals surface area contributed by atoms with Gasteiger partial charge in [-0.05, 0) is 25.5 Å². The molecule has 18 heavy (non-hydrogen) atoms. The van der Waals surface area contributed by atoms with Gasteiger partial charge in [-0.2, -0.15) is 0 Å². The number of fused-ring (bicyclic) bond motifs is 5. The van der Waals surface area contributed by atoms with E-state index in [9.17, 15) is 0 Å². The van der Waals surface area contributed by atoms with Crippen molar-refractivity contribution in [2.45, 2.75) is 38.5 Å². The van der Waals surface area contributed by atoms with Crippen LogP contribution in [0.4, 0.5) is 0 Å². The summed E-state index contributed by atoms with van der Waals surface area (Å²) >= 11 is 0. The number of hydrogen-bond donors (Lipinski definition) is 1. The second kappa shape index (κ2) is 4.35. The van der Waals surface area contributed by atoms with Crippen LogP contribution < -0.4 is 5.32 Å². The van der Waals surface area contributed by atoms with E-state index >= 15 is 0 Å². The molecule has 2 aliphatic heterocycles. The predicted molar refractivity (Wildman–Crippen MR) is 65.8 cm³/mol. The summed E-state index contributed by atoms with van der Waals surface area (Å²) in [6, 6.07) is 2.34. The average Bonchev–Trinajstić information content (AvgIpc) is 2.89. The van der Waals surface area contributed by atoms with E-state index < -0.39 is 5.79 Å². The van der Waals surface area contributed by atoms with Gasteiger partial charge in [0.25, 0.3) is 0 Å². The smallest absolute Gasteiger partial charge is 0.163 e. The summed E-state index contributed by atoms with van der Waals surface area (Å²) in [5.41, 5.74) is 2.27. The molecule has 100 valence electrons. The van der Waals surface area contributed by atoms with Crippen LogP contribution >= 0.6 is 0 Å². The summed E-state index contributed by atoms with van der Waals surface area (Å²) in [6.45, 7) is 5.71. The van der Waals surface area contributed by atoms with Crippen LogP contribution in [0.1, 0.15) is 31.3 Å². The molecule has 1 aromatic rings. The monoisotopic (exact) mass is 252 g/mol. The van der Waals surface area contributed by atoms with Gasteiger partial charge >= 0.3 is 0 Å². The second-order valence-corrected chi connectivity index (χ2v) is 5.46. The summed E-state index contributed by atoms with van der Waals surface area (Å²) in [6.07, 6.45) is 2.03. The lowest BCUT2D eigenvalue weighted by atomic mass is 10.3. The van der Waals surface area contributed by atoms with E-state index in [4.69, 9.17) is 14.2 Å². The molecule has 0 amide bonds. The summed E-state index contributed by atoms with van der Waals surface area (Å²) in [4.78, 5) is 0. The van der Waals surface area contributed by atoms with Gasteiger partial charge in [-0.3, -0.25) is 5.32 Å². The number of aryl methyl sites for hydroxylation is 1. The molecule has 0 radical (unpaired) electrons. The van der Waals surface area contributed by atoms with Crippen LogP contribution in [-0.4, -0.2) is 29.6 Å². The minimum Gasteiger partial charge on any atom is -0.356 e. The highest BCUT2D eigenvalue weighted by Gasteiger charge is 2.31. The molecule has 1 aromatic heterocycles. The summed E-state index contributed by atoms with van der Waals surface area (Å²) in [5, 5.41) is 3.44. The largest absolute Gasteiger partial charge is 0.356 e. The van der Waals surface area contributed by atoms with Gasteiger partial charge in [0.15, 0.2) is 5.79 Å². The van der Waals surface area contributed by atoms with Crippen molar-refractivity contribution in [2.75, 3.05) is 13.2 Å². The highest BCUT2D eigenvalue weighted by atomic mass is 16.7. The van der Waals surface area contributed by atoms with Gasteiger partial charge in [-0.25, -0.2) is 0 Å². The van der Waals surface area contributed by atoms with E-state index in [1.54, 1.807) is 0 Å². The maximum Gasteiger partial charge on any atom is 0.163 e. The SMILES string of the molecule is Cn1cc2cc1C1NC(CO1)COC(C)(C)OC2. The van der Waals surface area contributed by atoms with Crippen molar-refractivity contribution in [3.63, 3.8) is 0 Å². The topological polar surface area (TPSA) is 44.7 Å². The van der Waals surface area contributed by atoms with Crippen LogP contribution in [0.2, 0.25) is 0 Å². The van der Waals surface area contributed by atoms with Crippen LogP contribution in [-0.2, 0) is 27.9 Å². The van der Waals surface area contributed by atoms with Crippen molar-refractivity contribution in [3.05, 3.63) is 23.5 Å². The molecule has 0 aromatic carbocycles. The Bertz CT molecular complexity index is 441. The maximum absolute atomic E-state index is 5.82. The van der Waals surface area contributed by atoms with Crippen molar-refractivity contribution < 1.29 is 14.2 Å². The van der Waals surface area contributed by atoms with Gasteiger partial charge in [0.05, 0.1) is 31.6 Å². The fourth-order valence-electron chi connectivity index (χ4n) is 2.38. The van der Waals surface area contributed by atoms with Gasteiger partial charge < -0.3 is 18.8 Å². The number of hydrogen-bond acceptors (Lipinski definition) is 4. The summed E-state index contributed by atoms with van der Waals surface area (Å²) in [7, 11) is 2.03. The lowest BCUT2D eigenvalue weighted by Crippen LogP contribution is -2.37. The number of nitrogens with one attached hydrogen (secondary N) is 1. The standard InChI is InChI=1S/C13H20N2O3/c1-13(2)17-6-9-4-11(15(3)5-9)12-14-10(7-16-12)8-18-13/h4-5,10,12,14H,6-8H2,1-3H3. The molecule has 3 heterocycles. The minimum absolute atomic E-state index is 0.0430. The Morgan fingerprint density at radius 1 is 1.33 bits per heavy atom. The Kier molecular flexibility index (Phi) is 2.94. The summed E-state index contributed by atoms with van der Waals surface area (Å²) in [5.74, 6) is -0.569. The Morgan fingerprint density at radius 3 is 3.00 bits per heavy atom. The lowest BCUT2D eigenvalue weighted by molar-refractivity contribution is -0.222. The van der Waals surface area contributed by atoms with E-state index in [2.05, 4.69) is 22.1 Å². The zero-order chi connectivity index (χ0) is 12.8. The first-order valence-corrected chi connectivity index (χ1v) is 6.34. The molecule has 5 heteroatoms. The molecule has 1 fully saturated rings. The molecule has 2 atom stereocenters. The van der Waals surface area contributed by atoms with Crippen molar-refractivity contribution in [2.24, 2.45) is 7.05 Å². The first-order chi connectivity index (χ1) is 8.53. The molecule has 0 saturated carbocycles. The van der Waals surface area contributed by atoms with Crippen LogP contribution in [0, 0.1) is 0 Å². The fraction of sp³-hybridized carbons (Fsp3) is 0.692. The molecule has 2 unspecified atom stereocenters. The molecule has 2 aliphatic rings. The average molecular weight is 252 g/mol. The van der Waals surface area contributed by atoms with E-state index in [-0.39, 0.29) is 12.3 Å². The Labute approximate surface area is 107 Å². The van der Waals surface area contributed by atoms with Crippen LogP contribution in [0.25, 0.3) is 0 Å². The van der Waals surface area contributed by atoms with Gasteiger partial charge in [0, 0.05) is 13.2 Å². The van der Waals surface area contributed by atoms with E-state index in [1.165, 1.54) is 0 Å². The van der Waals surface area contributed by atoms with E-state index in [0.29, 0.717) is 19.8 Å². The summed E-state index contributed by atoms with van der Waals surface area (Å²) < 4.78 is 19.5. The van der Waals surface area contributed by atoms with Crippen molar-refractivity contribution in [1.82, 2.24) is 9.88 Å². The van der Waals surface area contributed by atoms with Gasteiger partial charge in [-0.1, -0.05) is 0 Å². The van der Waals surface area contributed by atoms with Crippen molar-refractivity contribution >= 4 is 0 Å². The van der Waals surface area contributed by atoms with E-state index in [1.807, 2.05) is 20.9 Å². The highest BCUT2D eigenvalue weighted by Crippen LogP contribution is 2.26. The normalized spacial score (nSPS) is 31.1. The van der Waals surface area contributed by atoms with Gasteiger partial charge in [-0.15, -0.1) is 0 Å². The Morgan fingerprint density at radius 2 is 2.17 bits per heavy atom. The molecular weight excluding hydrogens is 232 g/mol. The number of ether oxygens (including phenoxy) is 3. The first kappa shape index (κ1) is 12.2. The molecule has 0 spiro atoms. The van der Waals surface area contributed by atoms with Crippen molar-refractivity contribution in [1.29, 1.82) is 0 Å². The molecule has 3 rings (SSSR count). The third-order valence-electron chi connectivity index (χ3n) is 3.44. The number of rotatable bonds is 0. The van der Waals surface area contributed by atoms with Crippen LogP contribution in [0.15, 0.2) is 12.3 Å². The zero-order valence-corrected chi connectivity index (χ0v) is 11.1. The fourth-order valence-corrected chi connectivity index (χ4v) is 2.38. The predicted octanol–water partition coefficient (Wildman–Crippen LogP) is 1.29. The molecule has 1 N–H and O–H groups in total. The second-order valence-electron chi connectivity index (χ2n) is 5.46. The lowest BCUT2D eigenvalue weighted by Gasteiger charge is -2.27. The van der Waals surface area contributed by atoms with Crippen LogP contribution in [0.3, 0.4) is 0 Å². The van der Waals surface area contributed by atoms with Gasteiger partial charge in [0.2, 0.25) is 0 Å². The molecule has 1 saturated heterocycles. The quantitative estimate of drug-likeness (QED) is 0.756. The Hall–Kier alpha value is -0.880. The molecule has 5 nitrogen and oxygen atoms in total. The third-order valence-corrected chi connectivity index (χ3v) is 3.44.